The van der Waals surface area contributed by atoms with Gasteiger partial charge in [-0.25, -0.2) is 0 Å². The molecule has 0 spiro atoms. The van der Waals surface area contributed by atoms with Gasteiger partial charge < -0.3 is 14.8 Å². The molecular weight excluding hydrogens is 294 g/mol. The molecule has 1 atom stereocenters. The van der Waals surface area contributed by atoms with Gasteiger partial charge in [-0.05, 0) is 40.5 Å². The van der Waals surface area contributed by atoms with E-state index in [2.05, 4.69) is 47.2 Å². The highest BCUT2D eigenvalue weighted by molar-refractivity contribution is 9.10. The number of rotatable bonds is 5. The summed E-state index contributed by atoms with van der Waals surface area (Å²) in [4.78, 5) is 0. The van der Waals surface area contributed by atoms with E-state index >= 15 is 0 Å². The molecule has 18 heavy (non-hydrogen) atoms. The van der Waals surface area contributed by atoms with Gasteiger partial charge in [0.2, 0.25) is 0 Å². The van der Waals surface area contributed by atoms with Gasteiger partial charge in [0, 0.05) is 18.0 Å². The first-order chi connectivity index (χ1) is 8.54. The highest BCUT2D eigenvalue weighted by Crippen LogP contribution is 2.29. The van der Waals surface area contributed by atoms with E-state index in [0.29, 0.717) is 11.5 Å². The minimum atomic E-state index is 0.304. The maximum absolute atomic E-state index is 5.26. The highest BCUT2D eigenvalue weighted by atomic mass is 79.9. The van der Waals surface area contributed by atoms with E-state index in [1.807, 2.05) is 6.07 Å². The summed E-state index contributed by atoms with van der Waals surface area (Å²) in [6.07, 6.45) is 0. The number of benzene rings is 1. The molecule has 1 saturated heterocycles. The molecule has 0 amide bonds. The molecule has 0 bridgehead atoms. The number of halogens is 1. The molecule has 2 rings (SSSR count). The van der Waals surface area contributed by atoms with Gasteiger partial charge in [-0.2, -0.15) is 0 Å². The van der Waals surface area contributed by atoms with Gasteiger partial charge in [0.15, 0.2) is 0 Å². The Hall–Kier alpha value is -0.580. The topological polar surface area (TPSA) is 30.5 Å². The Bertz CT molecular complexity index is 418. The van der Waals surface area contributed by atoms with Crippen LogP contribution in [0.2, 0.25) is 0 Å². The third-order valence-electron chi connectivity index (χ3n) is 3.41. The van der Waals surface area contributed by atoms with Gasteiger partial charge in [0.1, 0.15) is 5.75 Å². The van der Waals surface area contributed by atoms with E-state index < -0.39 is 0 Å². The van der Waals surface area contributed by atoms with E-state index in [1.54, 1.807) is 7.11 Å². The Balaban J connectivity index is 1.95. The molecule has 0 saturated carbocycles. The van der Waals surface area contributed by atoms with Crippen LogP contribution in [-0.4, -0.2) is 26.9 Å². The molecule has 0 aliphatic carbocycles. The van der Waals surface area contributed by atoms with Crippen LogP contribution in [-0.2, 0) is 4.74 Å². The van der Waals surface area contributed by atoms with Crippen molar-refractivity contribution in [3.8, 4) is 5.75 Å². The molecule has 0 aromatic heterocycles. The van der Waals surface area contributed by atoms with Crippen molar-refractivity contribution in [2.45, 2.75) is 19.9 Å². The first-order valence-electron chi connectivity index (χ1n) is 6.19. The molecule has 100 valence electrons. The maximum atomic E-state index is 5.26. The van der Waals surface area contributed by atoms with Crippen LogP contribution in [0.4, 0.5) is 0 Å². The predicted octanol–water partition coefficient (Wildman–Crippen LogP) is 3.14. The summed E-state index contributed by atoms with van der Waals surface area (Å²) in [7, 11) is 1.68. The molecule has 1 unspecified atom stereocenters. The van der Waals surface area contributed by atoms with Crippen molar-refractivity contribution in [3.63, 3.8) is 0 Å². The molecular formula is C14H20BrNO2. The van der Waals surface area contributed by atoms with Crippen LogP contribution in [0.5, 0.6) is 5.75 Å². The Labute approximate surface area is 117 Å². The van der Waals surface area contributed by atoms with Crippen LogP contribution in [0.25, 0.3) is 0 Å². The summed E-state index contributed by atoms with van der Waals surface area (Å²) in [5.74, 6) is 0.866. The zero-order valence-corrected chi connectivity index (χ0v) is 12.7. The fourth-order valence-electron chi connectivity index (χ4n) is 2.02. The van der Waals surface area contributed by atoms with Crippen LogP contribution in [0.1, 0.15) is 25.5 Å². The second-order valence-electron chi connectivity index (χ2n) is 5.30. The van der Waals surface area contributed by atoms with E-state index in [1.165, 1.54) is 5.56 Å². The molecule has 1 fully saturated rings. The lowest BCUT2D eigenvalue weighted by Gasteiger charge is -2.39. The van der Waals surface area contributed by atoms with Crippen molar-refractivity contribution in [2.75, 3.05) is 26.9 Å². The third kappa shape index (κ3) is 3.05. The molecule has 1 heterocycles. The number of ether oxygens (including phenoxy) is 2. The quantitative estimate of drug-likeness (QED) is 0.906. The number of hydrogen-bond donors (Lipinski definition) is 1. The molecule has 1 aromatic rings. The first-order valence-corrected chi connectivity index (χ1v) is 6.98. The highest BCUT2D eigenvalue weighted by Gasteiger charge is 2.33. The minimum absolute atomic E-state index is 0.304. The van der Waals surface area contributed by atoms with E-state index in [-0.39, 0.29) is 0 Å². The van der Waals surface area contributed by atoms with Crippen LogP contribution in [0.15, 0.2) is 22.7 Å². The Morgan fingerprint density at radius 1 is 1.50 bits per heavy atom. The van der Waals surface area contributed by atoms with Crippen LogP contribution in [0.3, 0.4) is 0 Å². The average molecular weight is 314 g/mol. The molecule has 3 nitrogen and oxygen atoms in total. The maximum Gasteiger partial charge on any atom is 0.133 e. The van der Waals surface area contributed by atoms with E-state index in [0.717, 1.165) is 30.0 Å². The summed E-state index contributed by atoms with van der Waals surface area (Å²) >= 11 is 3.52. The Kier molecular flexibility index (Phi) is 4.30. The zero-order chi connectivity index (χ0) is 13.2. The molecule has 1 aromatic carbocycles. The lowest BCUT2D eigenvalue weighted by Crippen LogP contribution is -2.47. The number of methoxy groups -OCH3 is 1. The zero-order valence-electron chi connectivity index (χ0n) is 11.1. The summed E-state index contributed by atoms with van der Waals surface area (Å²) in [6.45, 7) is 7.13. The minimum Gasteiger partial charge on any atom is -0.496 e. The van der Waals surface area contributed by atoms with Gasteiger partial charge >= 0.3 is 0 Å². The molecule has 1 aliphatic rings. The Morgan fingerprint density at radius 3 is 2.72 bits per heavy atom. The van der Waals surface area contributed by atoms with Crippen LogP contribution in [0, 0.1) is 5.41 Å². The van der Waals surface area contributed by atoms with Gasteiger partial charge in [-0.3, -0.25) is 0 Å². The normalized spacial score (nSPS) is 19.1. The lowest BCUT2D eigenvalue weighted by atomic mass is 9.88. The molecule has 1 N–H and O–H groups in total. The first kappa shape index (κ1) is 13.8. The smallest absolute Gasteiger partial charge is 0.133 e. The SMILES string of the molecule is COc1ccc(C(C)NCC2(C)COC2)cc1Br. The number of hydrogen-bond acceptors (Lipinski definition) is 3. The van der Waals surface area contributed by atoms with Crippen LogP contribution >= 0.6 is 15.9 Å². The lowest BCUT2D eigenvalue weighted by molar-refractivity contribution is -0.0999. The van der Waals surface area contributed by atoms with E-state index in [9.17, 15) is 0 Å². The fraction of sp³-hybridized carbons (Fsp3) is 0.571. The monoisotopic (exact) mass is 313 g/mol. The fourth-order valence-corrected chi connectivity index (χ4v) is 2.58. The standard InChI is InChI=1S/C14H20BrNO2/c1-10(16-7-14(2)8-18-9-14)11-4-5-13(17-3)12(15)6-11/h4-6,10,16H,7-9H2,1-3H3. The van der Waals surface area contributed by atoms with Crippen molar-refractivity contribution in [3.05, 3.63) is 28.2 Å². The van der Waals surface area contributed by atoms with Crippen molar-refractivity contribution in [1.82, 2.24) is 5.32 Å². The van der Waals surface area contributed by atoms with Crippen molar-refractivity contribution in [1.29, 1.82) is 0 Å². The third-order valence-corrected chi connectivity index (χ3v) is 4.03. The largest absolute Gasteiger partial charge is 0.496 e. The predicted molar refractivity (Wildman–Crippen MR) is 76.0 cm³/mol. The molecule has 1 aliphatic heterocycles. The van der Waals surface area contributed by atoms with Gasteiger partial charge in [0.25, 0.3) is 0 Å². The van der Waals surface area contributed by atoms with Crippen molar-refractivity contribution >= 4 is 15.9 Å². The van der Waals surface area contributed by atoms with Crippen molar-refractivity contribution < 1.29 is 9.47 Å². The summed E-state index contributed by atoms with van der Waals surface area (Å²) in [6, 6.07) is 6.52. The summed E-state index contributed by atoms with van der Waals surface area (Å²) in [5, 5.41) is 3.56. The van der Waals surface area contributed by atoms with E-state index in [4.69, 9.17) is 9.47 Å². The molecule has 0 radical (unpaired) electrons. The number of nitrogens with one attached hydrogen (secondary N) is 1. The van der Waals surface area contributed by atoms with Gasteiger partial charge in [0.05, 0.1) is 24.8 Å². The van der Waals surface area contributed by atoms with Gasteiger partial charge in [-0.1, -0.05) is 13.0 Å². The second-order valence-corrected chi connectivity index (χ2v) is 6.15. The van der Waals surface area contributed by atoms with Crippen molar-refractivity contribution in [2.24, 2.45) is 5.41 Å². The molecule has 4 heteroatoms. The van der Waals surface area contributed by atoms with Gasteiger partial charge in [-0.15, -0.1) is 0 Å². The average Bonchev–Trinajstić information content (AvgIpc) is 2.33. The second kappa shape index (κ2) is 5.59. The summed E-state index contributed by atoms with van der Waals surface area (Å²) in [5.41, 5.74) is 1.56. The van der Waals surface area contributed by atoms with Crippen LogP contribution < -0.4 is 10.1 Å². The Morgan fingerprint density at radius 2 is 2.22 bits per heavy atom. The summed E-state index contributed by atoms with van der Waals surface area (Å²) < 4.78 is 11.5.